The standard InChI is InChI=1S/C25H32N4O3S/c1-2-19-6-7-23-20(15-19)16-21(24(30)27-23)18-29(9-4-8-28-10-13-31-14-11-28)25(33)26-17-22-5-3-12-32-22/h3,5-7,12,15-16H,2,4,8-11,13-14,17-18H2,1H3,(H,26,33)(H,27,30). The molecule has 0 unspecified atom stereocenters. The Bertz CT molecular complexity index is 1110. The van der Waals surface area contributed by atoms with Gasteiger partial charge in [0.1, 0.15) is 5.76 Å². The van der Waals surface area contributed by atoms with Crippen molar-refractivity contribution in [2.45, 2.75) is 32.9 Å². The average molecular weight is 469 g/mol. The summed E-state index contributed by atoms with van der Waals surface area (Å²) in [6, 6.07) is 12.0. The van der Waals surface area contributed by atoms with E-state index < -0.39 is 0 Å². The van der Waals surface area contributed by atoms with Crippen molar-refractivity contribution in [3.05, 3.63) is 69.9 Å². The molecule has 1 aromatic carbocycles. The number of morpholine rings is 1. The molecule has 0 spiro atoms. The van der Waals surface area contributed by atoms with Gasteiger partial charge in [-0.15, -0.1) is 0 Å². The van der Waals surface area contributed by atoms with Gasteiger partial charge in [0, 0.05) is 37.3 Å². The second kappa shape index (κ2) is 11.4. The van der Waals surface area contributed by atoms with E-state index in [-0.39, 0.29) is 5.56 Å². The van der Waals surface area contributed by atoms with Gasteiger partial charge in [-0.25, -0.2) is 0 Å². The highest BCUT2D eigenvalue weighted by atomic mass is 32.1. The number of ether oxygens (including phenoxy) is 1. The molecule has 3 aromatic rings. The molecule has 0 atom stereocenters. The van der Waals surface area contributed by atoms with Crippen molar-refractivity contribution < 1.29 is 9.15 Å². The number of thiocarbonyl (C=S) groups is 1. The van der Waals surface area contributed by atoms with Gasteiger partial charge in [-0.1, -0.05) is 13.0 Å². The first-order valence-corrected chi connectivity index (χ1v) is 12.0. The first kappa shape index (κ1) is 23.5. The topological polar surface area (TPSA) is 73.7 Å². The number of aromatic nitrogens is 1. The average Bonchev–Trinajstić information content (AvgIpc) is 3.36. The van der Waals surface area contributed by atoms with Gasteiger partial charge in [0.25, 0.3) is 5.56 Å². The van der Waals surface area contributed by atoms with Gasteiger partial charge in [0.2, 0.25) is 0 Å². The Morgan fingerprint density at radius 3 is 2.85 bits per heavy atom. The molecule has 0 radical (unpaired) electrons. The molecule has 0 saturated carbocycles. The Labute approximate surface area is 199 Å². The van der Waals surface area contributed by atoms with Gasteiger partial charge in [0.05, 0.1) is 32.6 Å². The van der Waals surface area contributed by atoms with Gasteiger partial charge >= 0.3 is 0 Å². The first-order valence-electron chi connectivity index (χ1n) is 11.6. The number of aryl methyl sites for hydroxylation is 1. The number of nitrogens with one attached hydrogen (secondary N) is 2. The number of H-pyrrole nitrogens is 1. The van der Waals surface area contributed by atoms with E-state index in [0.29, 0.717) is 23.8 Å². The Hall–Kier alpha value is -2.68. The van der Waals surface area contributed by atoms with E-state index >= 15 is 0 Å². The van der Waals surface area contributed by atoms with Crippen LogP contribution in [0.1, 0.15) is 30.2 Å². The third-order valence-electron chi connectivity index (χ3n) is 6.04. The molecule has 0 aliphatic carbocycles. The number of rotatable bonds is 9. The molecule has 3 heterocycles. The number of hydrogen-bond acceptors (Lipinski definition) is 5. The van der Waals surface area contributed by atoms with Gasteiger partial charge in [-0.3, -0.25) is 9.69 Å². The lowest BCUT2D eigenvalue weighted by Crippen LogP contribution is -2.42. The maximum absolute atomic E-state index is 12.8. The van der Waals surface area contributed by atoms with E-state index in [2.05, 4.69) is 39.2 Å². The summed E-state index contributed by atoms with van der Waals surface area (Å²) in [6.07, 6.45) is 3.56. The van der Waals surface area contributed by atoms with E-state index in [0.717, 1.165) is 68.9 Å². The zero-order valence-corrected chi connectivity index (χ0v) is 20.0. The lowest BCUT2D eigenvalue weighted by molar-refractivity contribution is 0.0367. The van der Waals surface area contributed by atoms with Crippen LogP contribution in [-0.2, 0) is 24.2 Å². The summed E-state index contributed by atoms with van der Waals surface area (Å²) in [4.78, 5) is 20.4. The predicted octanol–water partition coefficient (Wildman–Crippen LogP) is 3.28. The van der Waals surface area contributed by atoms with Crippen LogP contribution in [0.2, 0.25) is 0 Å². The van der Waals surface area contributed by atoms with Crippen molar-refractivity contribution in [3.63, 3.8) is 0 Å². The van der Waals surface area contributed by atoms with Crippen LogP contribution in [-0.4, -0.2) is 59.3 Å². The van der Waals surface area contributed by atoms with Gasteiger partial charge in [-0.05, 0) is 66.3 Å². The summed E-state index contributed by atoms with van der Waals surface area (Å²) >= 11 is 5.72. The van der Waals surface area contributed by atoms with E-state index in [9.17, 15) is 4.79 Å². The third-order valence-corrected chi connectivity index (χ3v) is 6.44. The minimum absolute atomic E-state index is 0.0706. The van der Waals surface area contributed by atoms with Crippen molar-refractivity contribution in [1.82, 2.24) is 20.1 Å². The number of furan rings is 1. The van der Waals surface area contributed by atoms with Crippen molar-refractivity contribution in [1.29, 1.82) is 0 Å². The van der Waals surface area contributed by atoms with Crippen molar-refractivity contribution in [2.75, 3.05) is 39.4 Å². The van der Waals surface area contributed by atoms with E-state index in [1.165, 1.54) is 5.56 Å². The molecule has 8 heteroatoms. The van der Waals surface area contributed by atoms with Crippen LogP contribution in [0.15, 0.2) is 51.9 Å². The van der Waals surface area contributed by atoms with E-state index in [1.54, 1.807) is 6.26 Å². The largest absolute Gasteiger partial charge is 0.467 e. The number of pyridine rings is 1. The molecule has 1 fully saturated rings. The minimum atomic E-state index is -0.0706. The van der Waals surface area contributed by atoms with E-state index in [4.69, 9.17) is 21.4 Å². The normalized spacial score (nSPS) is 14.5. The number of nitrogens with zero attached hydrogens (tertiary/aromatic N) is 2. The summed E-state index contributed by atoms with van der Waals surface area (Å²) in [7, 11) is 0. The second-order valence-electron chi connectivity index (χ2n) is 8.37. The van der Waals surface area contributed by atoms with Gasteiger partial charge < -0.3 is 24.4 Å². The lowest BCUT2D eigenvalue weighted by Gasteiger charge is -2.29. The molecule has 1 saturated heterocycles. The summed E-state index contributed by atoms with van der Waals surface area (Å²) in [6.45, 7) is 8.35. The SMILES string of the molecule is CCc1ccc2[nH]c(=O)c(CN(CCCN3CCOCC3)C(=S)NCc3ccco3)cc2c1. The summed E-state index contributed by atoms with van der Waals surface area (Å²) in [5, 5.41) is 4.95. The van der Waals surface area contributed by atoms with Crippen LogP contribution >= 0.6 is 12.2 Å². The summed E-state index contributed by atoms with van der Waals surface area (Å²) in [5.74, 6) is 0.821. The number of fused-ring (bicyclic) bond motifs is 1. The molecular formula is C25H32N4O3S. The minimum Gasteiger partial charge on any atom is -0.467 e. The quantitative estimate of drug-likeness (QED) is 0.467. The predicted molar refractivity (Wildman–Crippen MR) is 134 cm³/mol. The number of hydrogen-bond donors (Lipinski definition) is 2. The molecule has 7 nitrogen and oxygen atoms in total. The molecule has 1 aliphatic heterocycles. The fourth-order valence-electron chi connectivity index (χ4n) is 4.09. The smallest absolute Gasteiger partial charge is 0.253 e. The molecule has 33 heavy (non-hydrogen) atoms. The third kappa shape index (κ3) is 6.43. The highest BCUT2D eigenvalue weighted by Gasteiger charge is 2.16. The maximum Gasteiger partial charge on any atom is 0.253 e. The van der Waals surface area contributed by atoms with Crippen molar-refractivity contribution in [2.24, 2.45) is 0 Å². The van der Waals surface area contributed by atoms with Crippen molar-refractivity contribution in [3.8, 4) is 0 Å². The maximum atomic E-state index is 12.8. The zero-order valence-electron chi connectivity index (χ0n) is 19.1. The van der Waals surface area contributed by atoms with Crippen LogP contribution in [0.4, 0.5) is 0 Å². The summed E-state index contributed by atoms with van der Waals surface area (Å²) in [5.41, 5.74) is 2.75. The van der Waals surface area contributed by atoms with Crippen LogP contribution in [0.5, 0.6) is 0 Å². The fourth-order valence-corrected chi connectivity index (χ4v) is 4.32. The number of aromatic amines is 1. The van der Waals surface area contributed by atoms with Gasteiger partial charge in [0.15, 0.2) is 5.11 Å². The molecule has 2 N–H and O–H groups in total. The molecule has 2 aromatic heterocycles. The highest BCUT2D eigenvalue weighted by Crippen LogP contribution is 2.15. The van der Waals surface area contributed by atoms with Gasteiger partial charge in [-0.2, -0.15) is 0 Å². The Morgan fingerprint density at radius 1 is 1.24 bits per heavy atom. The molecule has 4 rings (SSSR count). The Balaban J connectivity index is 1.47. The Kier molecular flexibility index (Phi) is 8.15. The molecular weight excluding hydrogens is 436 g/mol. The van der Waals surface area contributed by atoms with E-state index in [1.807, 2.05) is 24.3 Å². The molecule has 0 bridgehead atoms. The van der Waals surface area contributed by atoms with Crippen LogP contribution in [0.3, 0.4) is 0 Å². The molecule has 0 amide bonds. The lowest BCUT2D eigenvalue weighted by atomic mass is 10.1. The number of benzene rings is 1. The summed E-state index contributed by atoms with van der Waals surface area (Å²) < 4.78 is 10.9. The zero-order chi connectivity index (χ0) is 23.0. The second-order valence-corrected chi connectivity index (χ2v) is 8.75. The highest BCUT2D eigenvalue weighted by molar-refractivity contribution is 7.80. The first-order chi connectivity index (χ1) is 16.1. The fraction of sp³-hybridized carbons (Fsp3) is 0.440. The van der Waals surface area contributed by atoms with Crippen LogP contribution in [0, 0.1) is 0 Å². The molecule has 176 valence electrons. The van der Waals surface area contributed by atoms with Crippen molar-refractivity contribution >= 4 is 28.2 Å². The van der Waals surface area contributed by atoms with Crippen LogP contribution in [0.25, 0.3) is 10.9 Å². The monoisotopic (exact) mass is 468 g/mol. The van der Waals surface area contributed by atoms with Crippen LogP contribution < -0.4 is 10.9 Å². The Morgan fingerprint density at radius 2 is 2.09 bits per heavy atom. The molecule has 1 aliphatic rings.